The summed E-state index contributed by atoms with van der Waals surface area (Å²) in [4.78, 5) is 11.8. The highest BCUT2D eigenvalue weighted by molar-refractivity contribution is 5.85. The molecule has 1 atom stereocenters. The van der Waals surface area contributed by atoms with Crippen LogP contribution in [0.5, 0.6) is 0 Å². The first-order valence-electron chi connectivity index (χ1n) is 6.76. The lowest BCUT2D eigenvalue weighted by Crippen LogP contribution is -2.48. The molecule has 1 amide bonds. The first kappa shape index (κ1) is 18.9. The van der Waals surface area contributed by atoms with Gasteiger partial charge in [0.1, 0.15) is 0 Å². The Morgan fingerprint density at radius 3 is 2.50 bits per heavy atom. The molecule has 0 aliphatic rings. The summed E-state index contributed by atoms with van der Waals surface area (Å²) >= 11 is 0. The van der Waals surface area contributed by atoms with E-state index in [-0.39, 0.29) is 23.7 Å². The van der Waals surface area contributed by atoms with Crippen molar-refractivity contribution in [1.82, 2.24) is 15.1 Å². The van der Waals surface area contributed by atoms with Gasteiger partial charge in [0.25, 0.3) is 0 Å². The first-order valence-corrected chi connectivity index (χ1v) is 6.76. The Balaban J connectivity index is 0.00000361. The number of rotatable bonds is 5. The second kappa shape index (κ2) is 7.64. The highest BCUT2D eigenvalue weighted by Crippen LogP contribution is 2.17. The summed E-state index contributed by atoms with van der Waals surface area (Å²) < 4.78 is 1.96. The maximum Gasteiger partial charge on any atom is 0.237 e. The molecule has 0 aliphatic heterocycles. The number of amides is 1. The van der Waals surface area contributed by atoms with Crippen molar-refractivity contribution in [1.29, 1.82) is 0 Å². The normalized spacial score (nSPS) is 12.7. The van der Waals surface area contributed by atoms with Crippen LogP contribution in [0.1, 0.15) is 38.6 Å². The molecular formula is C14H27ClN4O. The molecule has 0 bridgehead atoms. The van der Waals surface area contributed by atoms with Crippen molar-refractivity contribution in [2.45, 2.75) is 53.6 Å². The zero-order valence-electron chi connectivity index (χ0n) is 13.1. The van der Waals surface area contributed by atoms with Gasteiger partial charge in [0.05, 0.1) is 11.7 Å². The van der Waals surface area contributed by atoms with E-state index in [2.05, 4.69) is 10.4 Å². The van der Waals surface area contributed by atoms with Gasteiger partial charge in [-0.3, -0.25) is 9.48 Å². The summed E-state index contributed by atoms with van der Waals surface area (Å²) in [7, 11) is 0. The number of aryl methyl sites for hydroxylation is 3. The van der Waals surface area contributed by atoms with Gasteiger partial charge in [-0.15, -0.1) is 12.4 Å². The van der Waals surface area contributed by atoms with E-state index in [4.69, 9.17) is 5.73 Å². The molecule has 6 heteroatoms. The van der Waals surface area contributed by atoms with Gasteiger partial charge in [0, 0.05) is 18.8 Å². The third-order valence-corrected chi connectivity index (χ3v) is 3.16. The van der Waals surface area contributed by atoms with Gasteiger partial charge in [0.2, 0.25) is 5.91 Å². The summed E-state index contributed by atoms with van der Waals surface area (Å²) in [6.45, 7) is 11.3. The average Bonchev–Trinajstić information content (AvgIpc) is 2.61. The standard InChI is InChI=1S/C14H26N4O.ClH/c1-10-9-11(2)18(17-10)8-6-7-16-13(19)12(15)14(3,4)5;/h9,12H,6-8,15H2,1-5H3,(H,16,19);1H/t12-;/m1./s1. The van der Waals surface area contributed by atoms with Gasteiger partial charge in [-0.25, -0.2) is 0 Å². The van der Waals surface area contributed by atoms with E-state index in [1.165, 1.54) is 0 Å². The minimum atomic E-state index is -0.471. The lowest BCUT2D eigenvalue weighted by atomic mass is 9.87. The molecule has 20 heavy (non-hydrogen) atoms. The molecule has 0 radical (unpaired) electrons. The number of halogens is 1. The molecule has 1 aromatic rings. The van der Waals surface area contributed by atoms with Gasteiger partial charge in [-0.2, -0.15) is 5.10 Å². The maximum absolute atomic E-state index is 11.8. The van der Waals surface area contributed by atoms with Crippen LogP contribution >= 0.6 is 12.4 Å². The highest BCUT2D eigenvalue weighted by atomic mass is 35.5. The second-order valence-corrected chi connectivity index (χ2v) is 6.14. The lowest BCUT2D eigenvalue weighted by Gasteiger charge is -2.25. The van der Waals surface area contributed by atoms with Gasteiger partial charge in [-0.1, -0.05) is 20.8 Å². The Morgan fingerprint density at radius 2 is 2.05 bits per heavy atom. The van der Waals surface area contributed by atoms with Crippen molar-refractivity contribution in [3.8, 4) is 0 Å². The summed E-state index contributed by atoms with van der Waals surface area (Å²) in [5.41, 5.74) is 7.85. The number of nitrogens with one attached hydrogen (secondary N) is 1. The van der Waals surface area contributed by atoms with Crippen LogP contribution in [0.4, 0.5) is 0 Å². The first-order chi connectivity index (χ1) is 8.71. The molecule has 0 spiro atoms. The fraction of sp³-hybridized carbons (Fsp3) is 0.714. The van der Waals surface area contributed by atoms with Crippen molar-refractivity contribution in [3.63, 3.8) is 0 Å². The number of hydrogen-bond acceptors (Lipinski definition) is 3. The van der Waals surface area contributed by atoms with Crippen molar-refractivity contribution in [3.05, 3.63) is 17.5 Å². The molecule has 5 nitrogen and oxygen atoms in total. The third-order valence-electron chi connectivity index (χ3n) is 3.16. The van der Waals surface area contributed by atoms with E-state index in [0.717, 1.165) is 24.4 Å². The van der Waals surface area contributed by atoms with Crippen LogP contribution in [0.15, 0.2) is 6.07 Å². The lowest BCUT2D eigenvalue weighted by molar-refractivity contribution is -0.124. The van der Waals surface area contributed by atoms with Gasteiger partial charge in [0.15, 0.2) is 0 Å². The maximum atomic E-state index is 11.8. The molecule has 1 rings (SSSR count). The van der Waals surface area contributed by atoms with Crippen LogP contribution in [0, 0.1) is 19.3 Å². The van der Waals surface area contributed by atoms with E-state index < -0.39 is 6.04 Å². The molecule has 1 aromatic heterocycles. The predicted molar refractivity (Wildman–Crippen MR) is 84.0 cm³/mol. The van der Waals surface area contributed by atoms with Crippen LogP contribution in [-0.4, -0.2) is 28.3 Å². The fourth-order valence-corrected chi connectivity index (χ4v) is 1.84. The number of carbonyl (C=O) groups is 1. The Morgan fingerprint density at radius 1 is 1.45 bits per heavy atom. The number of nitrogens with zero attached hydrogens (tertiary/aromatic N) is 2. The van der Waals surface area contributed by atoms with Crippen molar-refractivity contribution < 1.29 is 4.79 Å². The monoisotopic (exact) mass is 302 g/mol. The summed E-state index contributed by atoms with van der Waals surface area (Å²) in [5, 5.41) is 7.26. The van der Waals surface area contributed by atoms with Gasteiger partial charge < -0.3 is 11.1 Å². The van der Waals surface area contributed by atoms with Gasteiger partial charge in [-0.05, 0) is 31.7 Å². The number of nitrogens with two attached hydrogens (primary N) is 1. The summed E-state index contributed by atoms with van der Waals surface area (Å²) in [6.07, 6.45) is 0.852. The highest BCUT2D eigenvalue weighted by Gasteiger charge is 2.26. The van der Waals surface area contributed by atoms with Crippen molar-refractivity contribution >= 4 is 18.3 Å². The molecule has 3 N–H and O–H groups in total. The van der Waals surface area contributed by atoms with Crippen molar-refractivity contribution in [2.24, 2.45) is 11.1 Å². The van der Waals surface area contributed by atoms with Crippen LogP contribution < -0.4 is 11.1 Å². The molecular weight excluding hydrogens is 276 g/mol. The molecule has 1 heterocycles. The quantitative estimate of drug-likeness (QED) is 0.815. The topological polar surface area (TPSA) is 72.9 Å². The van der Waals surface area contributed by atoms with Crippen LogP contribution in [0.3, 0.4) is 0 Å². The minimum absolute atomic E-state index is 0. The molecule has 0 aliphatic carbocycles. The fourth-order valence-electron chi connectivity index (χ4n) is 1.84. The second-order valence-electron chi connectivity index (χ2n) is 6.14. The Hall–Kier alpha value is -1.07. The SMILES string of the molecule is Cc1cc(C)n(CCCNC(=O)[C@@H](N)C(C)(C)C)n1.Cl. The summed E-state index contributed by atoms with van der Waals surface area (Å²) in [6, 6.07) is 1.58. The number of hydrogen-bond donors (Lipinski definition) is 2. The van der Waals surface area contributed by atoms with E-state index in [1.54, 1.807) is 0 Å². The Kier molecular flexibility index (Phi) is 7.23. The van der Waals surface area contributed by atoms with E-state index in [0.29, 0.717) is 6.54 Å². The number of aromatic nitrogens is 2. The molecule has 0 saturated heterocycles. The van der Waals surface area contributed by atoms with E-state index in [1.807, 2.05) is 45.4 Å². The molecule has 0 fully saturated rings. The number of carbonyl (C=O) groups excluding carboxylic acids is 1. The smallest absolute Gasteiger partial charge is 0.237 e. The largest absolute Gasteiger partial charge is 0.355 e. The van der Waals surface area contributed by atoms with Crippen molar-refractivity contribution in [2.75, 3.05) is 6.54 Å². The van der Waals surface area contributed by atoms with Crippen LogP contribution in [0.25, 0.3) is 0 Å². The van der Waals surface area contributed by atoms with E-state index in [9.17, 15) is 4.79 Å². The zero-order chi connectivity index (χ0) is 14.6. The van der Waals surface area contributed by atoms with Gasteiger partial charge >= 0.3 is 0 Å². The van der Waals surface area contributed by atoms with Crippen LogP contribution in [0.2, 0.25) is 0 Å². The molecule has 116 valence electrons. The third kappa shape index (κ3) is 5.51. The Bertz CT molecular complexity index is 437. The molecule has 0 saturated carbocycles. The molecule has 0 aromatic carbocycles. The minimum Gasteiger partial charge on any atom is -0.355 e. The van der Waals surface area contributed by atoms with Crippen LogP contribution in [-0.2, 0) is 11.3 Å². The predicted octanol–water partition coefficient (Wildman–Crippen LogP) is 1.80. The average molecular weight is 303 g/mol. The van der Waals surface area contributed by atoms with E-state index >= 15 is 0 Å². The zero-order valence-corrected chi connectivity index (χ0v) is 13.9. The summed E-state index contributed by atoms with van der Waals surface area (Å²) in [5.74, 6) is -0.0825. The molecule has 0 unspecified atom stereocenters. The Labute approximate surface area is 127 Å².